The molecule has 3 aliphatic rings. The highest BCUT2D eigenvalue weighted by Crippen LogP contribution is 2.47. The molecule has 1 saturated carbocycles. The molecule has 2 amide bonds. The minimum Gasteiger partial charge on any atom is -0.373 e. The number of benzene rings is 2. The molecule has 2 aliphatic heterocycles. The lowest BCUT2D eigenvalue weighted by atomic mass is 9.99. The molecule has 3 fully saturated rings. The lowest BCUT2D eigenvalue weighted by Gasteiger charge is -2.38. The summed E-state index contributed by atoms with van der Waals surface area (Å²) in [6.45, 7) is 0.265. The van der Waals surface area contributed by atoms with Crippen LogP contribution in [0.1, 0.15) is 61.3 Å². The second-order valence-electron chi connectivity index (χ2n) is 10.4. The van der Waals surface area contributed by atoms with Gasteiger partial charge in [-0.3, -0.25) is 0 Å². The normalized spacial score (nSPS) is 22.8. The van der Waals surface area contributed by atoms with Crippen LogP contribution in [0.4, 0.5) is 23.7 Å². The Morgan fingerprint density at radius 1 is 1.03 bits per heavy atom. The van der Waals surface area contributed by atoms with Crippen LogP contribution < -0.4 is 5.32 Å². The van der Waals surface area contributed by atoms with Crippen LogP contribution in [0, 0.1) is 0 Å². The zero-order chi connectivity index (χ0) is 27.3. The van der Waals surface area contributed by atoms with Crippen molar-refractivity contribution in [3.05, 3.63) is 69.4 Å². The highest BCUT2D eigenvalue weighted by Gasteiger charge is 2.45. The molecule has 39 heavy (non-hydrogen) atoms. The van der Waals surface area contributed by atoms with Crippen molar-refractivity contribution in [1.29, 1.82) is 0 Å². The number of halogens is 5. The Morgan fingerprint density at radius 2 is 1.69 bits per heavy atom. The van der Waals surface area contributed by atoms with Gasteiger partial charge >= 0.3 is 12.2 Å². The second-order valence-corrected chi connectivity index (χ2v) is 11.2. The van der Waals surface area contributed by atoms with Crippen molar-refractivity contribution in [2.45, 2.75) is 75.4 Å². The third-order valence-electron chi connectivity index (χ3n) is 7.83. The molecule has 1 aromatic heterocycles. The van der Waals surface area contributed by atoms with E-state index in [0.29, 0.717) is 40.1 Å². The lowest BCUT2D eigenvalue weighted by Crippen LogP contribution is -2.50. The molecule has 2 unspecified atom stereocenters. The van der Waals surface area contributed by atoms with Crippen LogP contribution in [-0.4, -0.2) is 34.3 Å². The number of nitrogens with zero attached hydrogens (tertiary/aromatic N) is 2. The van der Waals surface area contributed by atoms with Gasteiger partial charge < -0.3 is 19.5 Å². The van der Waals surface area contributed by atoms with Crippen LogP contribution in [0.15, 0.2) is 47.0 Å². The number of carbonyl (C=O) groups excluding carboxylic acids is 1. The fourth-order valence-electron chi connectivity index (χ4n) is 5.86. The molecule has 3 heterocycles. The topological polar surface area (TPSA) is 67.6 Å². The number of piperidine rings is 1. The Morgan fingerprint density at radius 3 is 2.33 bits per heavy atom. The molecule has 0 spiro atoms. The predicted octanol–water partition coefficient (Wildman–Crippen LogP) is 8.29. The standard InChI is InChI=1S/C28H26Cl2F3N3O3/c29-21-5-3-6-22(30)24(21)25-19(26(39-35-25)15-8-9-15)14-38-18-12-16-10-11-17(13-18)36(16)27(37)34-23-7-2-1-4-20(23)28(31,32)33/h1-7,15-18H,8-14H2,(H,34,37). The third-order valence-corrected chi connectivity index (χ3v) is 8.46. The van der Waals surface area contributed by atoms with E-state index >= 15 is 0 Å². The molecule has 2 bridgehead atoms. The number of hydrogen-bond donors (Lipinski definition) is 1. The monoisotopic (exact) mass is 579 g/mol. The zero-order valence-corrected chi connectivity index (χ0v) is 22.3. The van der Waals surface area contributed by atoms with Crippen LogP contribution in [0.2, 0.25) is 10.0 Å². The maximum atomic E-state index is 13.4. The molecular formula is C28H26Cl2F3N3O3. The molecule has 206 valence electrons. The van der Waals surface area contributed by atoms with E-state index in [1.54, 1.807) is 23.1 Å². The van der Waals surface area contributed by atoms with Gasteiger partial charge in [0.1, 0.15) is 11.5 Å². The SMILES string of the molecule is O=C(Nc1ccccc1C(F)(F)F)N1C2CCC1CC(OCc1c(-c3c(Cl)cccc3Cl)noc1C1CC1)C2. The highest BCUT2D eigenvalue weighted by atomic mass is 35.5. The van der Waals surface area contributed by atoms with Gasteiger partial charge in [0.05, 0.1) is 34.0 Å². The molecule has 1 aliphatic carbocycles. The Kier molecular flexibility index (Phi) is 7.02. The summed E-state index contributed by atoms with van der Waals surface area (Å²) in [7, 11) is 0. The number of urea groups is 1. The molecule has 2 atom stereocenters. The van der Waals surface area contributed by atoms with Crippen molar-refractivity contribution in [2.24, 2.45) is 0 Å². The number of fused-ring (bicyclic) bond motifs is 2. The number of nitrogens with one attached hydrogen (secondary N) is 1. The Balaban J connectivity index is 1.15. The molecule has 11 heteroatoms. The maximum Gasteiger partial charge on any atom is 0.418 e. The zero-order valence-electron chi connectivity index (χ0n) is 20.8. The number of alkyl halides is 3. The molecule has 6 rings (SSSR count). The summed E-state index contributed by atoms with van der Waals surface area (Å²) in [5.41, 5.74) is 0.928. The van der Waals surface area contributed by atoms with Crippen LogP contribution in [-0.2, 0) is 17.5 Å². The largest absolute Gasteiger partial charge is 0.418 e. The number of anilines is 1. The van der Waals surface area contributed by atoms with Crippen LogP contribution in [0.25, 0.3) is 11.3 Å². The number of ether oxygens (including phenoxy) is 1. The van der Waals surface area contributed by atoms with Crippen molar-refractivity contribution in [3.63, 3.8) is 0 Å². The van der Waals surface area contributed by atoms with E-state index < -0.39 is 17.8 Å². The summed E-state index contributed by atoms with van der Waals surface area (Å²) in [4.78, 5) is 14.8. The molecule has 1 N–H and O–H groups in total. The van der Waals surface area contributed by atoms with Gasteiger partial charge in [0, 0.05) is 29.1 Å². The van der Waals surface area contributed by atoms with Gasteiger partial charge in [0.2, 0.25) is 0 Å². The molecule has 0 radical (unpaired) electrons. The quantitative estimate of drug-likeness (QED) is 0.319. The minimum atomic E-state index is -4.56. The Labute approximate surface area is 233 Å². The summed E-state index contributed by atoms with van der Waals surface area (Å²) >= 11 is 12.9. The summed E-state index contributed by atoms with van der Waals surface area (Å²) < 4.78 is 52.4. The van der Waals surface area contributed by atoms with Gasteiger partial charge in [-0.15, -0.1) is 0 Å². The lowest BCUT2D eigenvalue weighted by molar-refractivity contribution is -0.136. The summed E-state index contributed by atoms with van der Waals surface area (Å²) in [6.07, 6.45) is 0.108. The van der Waals surface area contributed by atoms with Crippen molar-refractivity contribution < 1.29 is 27.2 Å². The molecular weight excluding hydrogens is 554 g/mol. The number of carbonyl (C=O) groups is 1. The van der Waals surface area contributed by atoms with Gasteiger partial charge in [-0.05, 0) is 62.8 Å². The van der Waals surface area contributed by atoms with Crippen LogP contribution in [0.3, 0.4) is 0 Å². The molecule has 2 saturated heterocycles. The van der Waals surface area contributed by atoms with Crippen molar-refractivity contribution in [2.75, 3.05) is 5.32 Å². The number of amides is 2. The average molecular weight is 580 g/mol. The van der Waals surface area contributed by atoms with Gasteiger partial charge in [-0.2, -0.15) is 13.2 Å². The summed E-state index contributed by atoms with van der Waals surface area (Å²) in [5, 5.41) is 7.76. The van der Waals surface area contributed by atoms with E-state index in [-0.39, 0.29) is 30.5 Å². The van der Waals surface area contributed by atoms with Crippen molar-refractivity contribution in [3.8, 4) is 11.3 Å². The van der Waals surface area contributed by atoms with Crippen molar-refractivity contribution in [1.82, 2.24) is 10.1 Å². The van der Waals surface area contributed by atoms with Gasteiger partial charge in [0.15, 0.2) is 0 Å². The number of aromatic nitrogens is 1. The minimum absolute atomic E-state index is 0.116. The Hall–Kier alpha value is -2.75. The van der Waals surface area contributed by atoms with Crippen LogP contribution >= 0.6 is 23.2 Å². The van der Waals surface area contributed by atoms with Crippen molar-refractivity contribution >= 4 is 34.9 Å². The van der Waals surface area contributed by atoms with Gasteiger partial charge in [0.25, 0.3) is 0 Å². The van der Waals surface area contributed by atoms with E-state index in [9.17, 15) is 18.0 Å². The third kappa shape index (κ3) is 5.24. The fraction of sp³-hybridized carbons (Fsp3) is 0.429. The second kappa shape index (κ2) is 10.3. The average Bonchev–Trinajstić information content (AvgIpc) is 3.59. The fourth-order valence-corrected chi connectivity index (χ4v) is 6.44. The Bertz CT molecular complexity index is 1360. The molecule has 2 aromatic carbocycles. The molecule has 3 aromatic rings. The smallest absolute Gasteiger partial charge is 0.373 e. The summed E-state index contributed by atoms with van der Waals surface area (Å²) in [5.74, 6) is 1.09. The number of para-hydroxylation sites is 1. The maximum absolute atomic E-state index is 13.4. The van der Waals surface area contributed by atoms with Gasteiger partial charge in [-0.25, -0.2) is 4.79 Å². The number of rotatable bonds is 6. The number of hydrogen-bond acceptors (Lipinski definition) is 4. The first-order chi connectivity index (χ1) is 18.7. The van der Waals surface area contributed by atoms with Crippen LogP contribution in [0.5, 0.6) is 0 Å². The van der Waals surface area contributed by atoms with E-state index in [0.717, 1.165) is 43.1 Å². The highest BCUT2D eigenvalue weighted by molar-refractivity contribution is 6.39. The first-order valence-corrected chi connectivity index (χ1v) is 13.8. The van der Waals surface area contributed by atoms with E-state index in [1.807, 2.05) is 0 Å². The first-order valence-electron chi connectivity index (χ1n) is 13.0. The van der Waals surface area contributed by atoms with Gasteiger partial charge in [-0.1, -0.05) is 46.6 Å². The summed E-state index contributed by atoms with van der Waals surface area (Å²) in [6, 6.07) is 9.56. The van der Waals surface area contributed by atoms with E-state index in [2.05, 4.69) is 10.5 Å². The van der Waals surface area contributed by atoms with E-state index in [4.69, 9.17) is 32.5 Å². The first kappa shape index (κ1) is 26.5. The predicted molar refractivity (Wildman–Crippen MR) is 141 cm³/mol. The molecule has 6 nitrogen and oxygen atoms in total. The van der Waals surface area contributed by atoms with E-state index in [1.165, 1.54) is 18.2 Å².